The molecule has 6 nitrogen and oxygen atoms in total. The Morgan fingerprint density at radius 1 is 1.17 bits per heavy atom. The van der Waals surface area contributed by atoms with Gasteiger partial charge in [-0.05, 0) is 27.2 Å². The number of aromatic nitrogens is 1. The first-order chi connectivity index (χ1) is 10.6. The van der Waals surface area contributed by atoms with Gasteiger partial charge in [0.15, 0.2) is 5.96 Å². The molecule has 8 heteroatoms. The van der Waals surface area contributed by atoms with Crippen LogP contribution in [0.25, 0.3) is 0 Å². The fourth-order valence-electron chi connectivity index (χ4n) is 1.75. The van der Waals surface area contributed by atoms with Crippen LogP contribution >= 0.6 is 35.3 Å². The SMILES string of the molecule is CCCNC(=O)CN=C(NCC)NCCc1nc(C)c(C)s1.I. The van der Waals surface area contributed by atoms with Crippen molar-refractivity contribution in [1.29, 1.82) is 0 Å². The molecule has 1 rings (SSSR count). The first-order valence-corrected chi connectivity index (χ1v) is 8.60. The summed E-state index contributed by atoms with van der Waals surface area (Å²) in [5.74, 6) is 0.615. The van der Waals surface area contributed by atoms with E-state index in [2.05, 4.69) is 32.9 Å². The maximum Gasteiger partial charge on any atom is 0.241 e. The minimum Gasteiger partial charge on any atom is -0.357 e. The maximum atomic E-state index is 11.6. The van der Waals surface area contributed by atoms with Gasteiger partial charge in [0, 0.05) is 30.9 Å². The van der Waals surface area contributed by atoms with Gasteiger partial charge >= 0.3 is 0 Å². The number of hydrogen-bond donors (Lipinski definition) is 3. The third-order valence-electron chi connectivity index (χ3n) is 3.00. The van der Waals surface area contributed by atoms with Gasteiger partial charge in [-0.2, -0.15) is 0 Å². The van der Waals surface area contributed by atoms with Gasteiger partial charge in [0.1, 0.15) is 6.54 Å². The maximum absolute atomic E-state index is 11.6. The van der Waals surface area contributed by atoms with Gasteiger partial charge in [-0.1, -0.05) is 6.92 Å². The summed E-state index contributed by atoms with van der Waals surface area (Å²) in [6, 6.07) is 0. The van der Waals surface area contributed by atoms with E-state index in [4.69, 9.17) is 0 Å². The summed E-state index contributed by atoms with van der Waals surface area (Å²) in [4.78, 5) is 21.6. The lowest BCUT2D eigenvalue weighted by Gasteiger charge is -2.10. The molecule has 0 aliphatic heterocycles. The van der Waals surface area contributed by atoms with Gasteiger partial charge in [-0.3, -0.25) is 4.79 Å². The molecule has 0 radical (unpaired) electrons. The number of halogens is 1. The van der Waals surface area contributed by atoms with E-state index in [1.807, 2.05) is 20.8 Å². The molecule has 132 valence electrons. The zero-order chi connectivity index (χ0) is 16.4. The predicted octanol–water partition coefficient (Wildman–Crippen LogP) is 2.00. The summed E-state index contributed by atoms with van der Waals surface area (Å²) in [6.45, 7) is 10.5. The Balaban J connectivity index is 0.00000484. The van der Waals surface area contributed by atoms with Gasteiger partial charge in [0.25, 0.3) is 0 Å². The molecule has 0 saturated heterocycles. The van der Waals surface area contributed by atoms with Crippen molar-refractivity contribution in [3.63, 3.8) is 0 Å². The van der Waals surface area contributed by atoms with Crippen molar-refractivity contribution < 1.29 is 4.79 Å². The highest BCUT2D eigenvalue weighted by molar-refractivity contribution is 14.0. The van der Waals surface area contributed by atoms with Crippen molar-refractivity contribution in [3.05, 3.63) is 15.6 Å². The highest BCUT2D eigenvalue weighted by atomic mass is 127. The number of nitrogens with zero attached hydrogens (tertiary/aromatic N) is 2. The molecule has 0 bridgehead atoms. The number of hydrogen-bond acceptors (Lipinski definition) is 4. The molecule has 1 aromatic heterocycles. The summed E-state index contributed by atoms with van der Waals surface area (Å²) in [7, 11) is 0. The van der Waals surface area contributed by atoms with Crippen molar-refractivity contribution in [3.8, 4) is 0 Å². The van der Waals surface area contributed by atoms with Crippen LogP contribution in [0, 0.1) is 13.8 Å². The fraction of sp³-hybridized carbons (Fsp3) is 0.667. The largest absolute Gasteiger partial charge is 0.357 e. The molecule has 3 N–H and O–H groups in total. The van der Waals surface area contributed by atoms with Crippen molar-refractivity contribution in [2.24, 2.45) is 4.99 Å². The van der Waals surface area contributed by atoms with E-state index in [-0.39, 0.29) is 36.4 Å². The monoisotopic (exact) mass is 453 g/mol. The van der Waals surface area contributed by atoms with Gasteiger partial charge in [0.2, 0.25) is 5.91 Å². The van der Waals surface area contributed by atoms with Crippen molar-refractivity contribution in [2.45, 2.75) is 40.5 Å². The molecule has 0 saturated carbocycles. The minimum atomic E-state index is -0.0507. The number of nitrogens with one attached hydrogen (secondary N) is 3. The topological polar surface area (TPSA) is 78.4 Å². The molecule has 1 aromatic rings. The molecule has 0 atom stereocenters. The number of aliphatic imine (C=N–C) groups is 1. The second-order valence-corrected chi connectivity index (χ2v) is 6.26. The zero-order valence-corrected chi connectivity index (χ0v) is 17.5. The van der Waals surface area contributed by atoms with Crippen LogP contribution in [0.5, 0.6) is 0 Å². The second-order valence-electron chi connectivity index (χ2n) is 4.97. The predicted molar refractivity (Wildman–Crippen MR) is 108 cm³/mol. The van der Waals surface area contributed by atoms with Crippen LogP contribution in [0.3, 0.4) is 0 Å². The van der Waals surface area contributed by atoms with Crippen LogP contribution in [0.15, 0.2) is 4.99 Å². The Hall–Kier alpha value is -0.900. The Bertz CT molecular complexity index is 485. The van der Waals surface area contributed by atoms with E-state index in [1.54, 1.807) is 11.3 Å². The van der Waals surface area contributed by atoms with E-state index in [1.165, 1.54) is 4.88 Å². The number of amides is 1. The number of guanidine groups is 1. The summed E-state index contributed by atoms with van der Waals surface area (Å²) in [6.07, 6.45) is 1.78. The number of carbonyl (C=O) groups excluding carboxylic acids is 1. The van der Waals surface area contributed by atoms with E-state index < -0.39 is 0 Å². The smallest absolute Gasteiger partial charge is 0.241 e. The van der Waals surface area contributed by atoms with Crippen molar-refractivity contribution in [1.82, 2.24) is 20.9 Å². The third kappa shape index (κ3) is 9.09. The third-order valence-corrected chi connectivity index (χ3v) is 4.13. The number of rotatable bonds is 8. The normalized spacial score (nSPS) is 10.9. The first-order valence-electron chi connectivity index (χ1n) is 7.78. The fourth-order valence-corrected chi connectivity index (χ4v) is 2.68. The first kappa shape index (κ1) is 22.1. The van der Waals surface area contributed by atoms with E-state index in [0.717, 1.165) is 36.6 Å². The van der Waals surface area contributed by atoms with Gasteiger partial charge < -0.3 is 16.0 Å². The minimum absolute atomic E-state index is 0. The average molecular weight is 453 g/mol. The Morgan fingerprint density at radius 2 is 1.91 bits per heavy atom. The molecule has 0 aromatic carbocycles. The lowest BCUT2D eigenvalue weighted by atomic mass is 10.4. The molecular weight excluding hydrogens is 425 g/mol. The van der Waals surface area contributed by atoms with Crippen molar-refractivity contribution >= 4 is 47.2 Å². The number of thiazole rings is 1. The van der Waals surface area contributed by atoms with Gasteiger partial charge in [0.05, 0.1) is 10.7 Å². The molecule has 0 unspecified atom stereocenters. The second kappa shape index (κ2) is 12.5. The Labute approximate surface area is 160 Å². The quantitative estimate of drug-likeness (QED) is 0.320. The Morgan fingerprint density at radius 3 is 2.48 bits per heavy atom. The molecule has 1 heterocycles. The van der Waals surface area contributed by atoms with Crippen molar-refractivity contribution in [2.75, 3.05) is 26.2 Å². The summed E-state index contributed by atoms with van der Waals surface area (Å²) < 4.78 is 0. The van der Waals surface area contributed by atoms with E-state index in [0.29, 0.717) is 12.5 Å². The highest BCUT2D eigenvalue weighted by Gasteiger charge is 2.05. The standard InChI is InChI=1S/C15H27N5OS.HI/c1-5-8-17-13(21)10-19-15(16-6-2)18-9-7-14-20-11(3)12(4)22-14;/h5-10H2,1-4H3,(H,17,21)(H2,16,18,19);1H. The van der Waals surface area contributed by atoms with Gasteiger partial charge in [-0.15, -0.1) is 35.3 Å². The van der Waals surface area contributed by atoms with Crippen LogP contribution in [0.2, 0.25) is 0 Å². The van der Waals surface area contributed by atoms with Gasteiger partial charge in [-0.25, -0.2) is 9.98 Å². The molecule has 0 aliphatic rings. The molecule has 0 aliphatic carbocycles. The van der Waals surface area contributed by atoms with E-state index >= 15 is 0 Å². The van der Waals surface area contributed by atoms with Crippen LogP contribution in [0.1, 0.15) is 35.8 Å². The molecule has 0 spiro atoms. The van der Waals surface area contributed by atoms with Crippen LogP contribution < -0.4 is 16.0 Å². The van der Waals surface area contributed by atoms with Crippen LogP contribution in [0.4, 0.5) is 0 Å². The molecule has 23 heavy (non-hydrogen) atoms. The summed E-state index contributed by atoms with van der Waals surface area (Å²) in [5.41, 5.74) is 1.10. The highest BCUT2D eigenvalue weighted by Crippen LogP contribution is 2.16. The van der Waals surface area contributed by atoms with Crippen LogP contribution in [-0.4, -0.2) is 43.0 Å². The molecule has 1 amide bonds. The lowest BCUT2D eigenvalue weighted by Crippen LogP contribution is -2.39. The average Bonchev–Trinajstić information content (AvgIpc) is 2.81. The zero-order valence-electron chi connectivity index (χ0n) is 14.4. The van der Waals surface area contributed by atoms with Crippen LogP contribution in [-0.2, 0) is 11.2 Å². The summed E-state index contributed by atoms with van der Waals surface area (Å²) >= 11 is 1.73. The summed E-state index contributed by atoms with van der Waals surface area (Å²) in [5, 5.41) is 10.3. The molecular formula is C15H28IN5OS. The molecule has 0 fully saturated rings. The lowest BCUT2D eigenvalue weighted by molar-refractivity contribution is -0.119. The van der Waals surface area contributed by atoms with E-state index in [9.17, 15) is 4.79 Å². The number of carbonyl (C=O) groups is 1. The Kier molecular flexibility index (Phi) is 12.0. The number of aryl methyl sites for hydroxylation is 2.